The van der Waals surface area contributed by atoms with Crippen LogP contribution in [0.4, 0.5) is 0 Å². The lowest BCUT2D eigenvalue weighted by Gasteiger charge is -2.28. The van der Waals surface area contributed by atoms with E-state index >= 15 is 0 Å². The molecular formula is C18H23N3O3. The summed E-state index contributed by atoms with van der Waals surface area (Å²) in [5, 5.41) is 14.0. The first kappa shape index (κ1) is 16.6. The van der Waals surface area contributed by atoms with Crippen LogP contribution in [0.3, 0.4) is 0 Å². The largest absolute Gasteiger partial charge is 0.389 e. The average Bonchev–Trinajstić information content (AvgIpc) is 3.28. The van der Waals surface area contributed by atoms with Gasteiger partial charge in [-0.25, -0.2) is 0 Å². The van der Waals surface area contributed by atoms with E-state index in [-0.39, 0.29) is 12.5 Å². The Kier molecular flexibility index (Phi) is 4.41. The summed E-state index contributed by atoms with van der Waals surface area (Å²) in [6, 6.07) is 7.22. The minimum Gasteiger partial charge on any atom is -0.389 e. The average molecular weight is 329 g/mol. The van der Waals surface area contributed by atoms with Crippen LogP contribution >= 0.6 is 0 Å². The van der Waals surface area contributed by atoms with Crippen molar-refractivity contribution in [3.05, 3.63) is 35.7 Å². The first-order chi connectivity index (χ1) is 11.4. The lowest BCUT2D eigenvalue weighted by molar-refractivity contribution is 0.0315. The molecule has 0 spiro atoms. The van der Waals surface area contributed by atoms with Gasteiger partial charge in [-0.3, -0.25) is 4.79 Å². The quantitative estimate of drug-likeness (QED) is 0.881. The minimum atomic E-state index is -0.934. The van der Waals surface area contributed by atoms with Gasteiger partial charge in [0.05, 0.1) is 5.60 Å². The third-order valence-corrected chi connectivity index (χ3v) is 3.98. The lowest BCUT2D eigenvalue weighted by Crippen LogP contribution is -2.42. The maximum atomic E-state index is 12.7. The fourth-order valence-electron chi connectivity index (χ4n) is 2.62. The van der Waals surface area contributed by atoms with Crippen molar-refractivity contribution in [3.63, 3.8) is 0 Å². The zero-order chi connectivity index (χ0) is 17.3. The Morgan fingerprint density at radius 3 is 2.79 bits per heavy atom. The van der Waals surface area contributed by atoms with Crippen LogP contribution in [0.5, 0.6) is 0 Å². The summed E-state index contributed by atoms with van der Waals surface area (Å²) < 4.78 is 5.29. The molecule has 1 saturated carbocycles. The van der Waals surface area contributed by atoms with E-state index in [1.54, 1.807) is 30.9 Å². The maximum absolute atomic E-state index is 12.7. The highest BCUT2D eigenvalue weighted by Crippen LogP contribution is 2.39. The Morgan fingerprint density at radius 2 is 2.17 bits per heavy atom. The second-order valence-electron chi connectivity index (χ2n) is 6.94. The van der Waals surface area contributed by atoms with Crippen LogP contribution in [-0.2, 0) is 0 Å². The minimum absolute atomic E-state index is 0.118. The molecule has 0 atom stereocenters. The molecule has 1 amide bonds. The SMILES string of the molecule is CCN(CC(C)(C)O)C(=O)c1cccc(-c2noc(C3CC3)n2)c1. The van der Waals surface area contributed by atoms with Crippen molar-refractivity contribution in [3.8, 4) is 11.4 Å². The molecule has 1 aliphatic carbocycles. The smallest absolute Gasteiger partial charge is 0.253 e. The van der Waals surface area contributed by atoms with Gasteiger partial charge in [-0.15, -0.1) is 0 Å². The van der Waals surface area contributed by atoms with Crippen LogP contribution in [0.1, 0.15) is 55.8 Å². The van der Waals surface area contributed by atoms with Crippen molar-refractivity contribution in [1.29, 1.82) is 0 Å². The first-order valence-electron chi connectivity index (χ1n) is 8.33. The van der Waals surface area contributed by atoms with Crippen molar-refractivity contribution in [2.45, 2.75) is 45.1 Å². The fourth-order valence-corrected chi connectivity index (χ4v) is 2.62. The number of aromatic nitrogens is 2. The summed E-state index contributed by atoms with van der Waals surface area (Å²) in [5.41, 5.74) is 0.378. The van der Waals surface area contributed by atoms with Crippen LogP contribution in [0.25, 0.3) is 11.4 Å². The van der Waals surface area contributed by atoms with Gasteiger partial charge < -0.3 is 14.5 Å². The molecule has 1 aliphatic rings. The van der Waals surface area contributed by atoms with E-state index < -0.39 is 5.60 Å². The molecule has 0 saturated heterocycles. The van der Waals surface area contributed by atoms with Gasteiger partial charge in [0, 0.05) is 30.1 Å². The van der Waals surface area contributed by atoms with Gasteiger partial charge in [-0.1, -0.05) is 17.3 Å². The Labute approximate surface area is 141 Å². The third kappa shape index (κ3) is 3.82. The van der Waals surface area contributed by atoms with Crippen LogP contribution in [0.2, 0.25) is 0 Å². The normalized spacial score (nSPS) is 14.7. The van der Waals surface area contributed by atoms with Crippen molar-refractivity contribution in [1.82, 2.24) is 15.0 Å². The summed E-state index contributed by atoms with van der Waals surface area (Å²) in [5.74, 6) is 1.47. The number of likely N-dealkylation sites (N-methyl/N-ethyl adjacent to an activating group) is 1. The molecule has 6 heteroatoms. The number of hydrogen-bond donors (Lipinski definition) is 1. The summed E-state index contributed by atoms with van der Waals surface area (Å²) in [6.45, 7) is 6.09. The monoisotopic (exact) mass is 329 g/mol. The van der Waals surface area contributed by atoms with Crippen LogP contribution in [0, 0.1) is 0 Å². The first-order valence-corrected chi connectivity index (χ1v) is 8.33. The summed E-state index contributed by atoms with van der Waals surface area (Å²) in [4.78, 5) is 18.8. The molecule has 1 aromatic carbocycles. The molecular weight excluding hydrogens is 306 g/mol. The number of carbonyl (C=O) groups is 1. The highest BCUT2D eigenvalue weighted by molar-refractivity contribution is 5.95. The molecule has 1 fully saturated rings. The van der Waals surface area contributed by atoms with E-state index in [0.29, 0.717) is 29.7 Å². The predicted molar refractivity (Wildman–Crippen MR) is 89.6 cm³/mol. The van der Waals surface area contributed by atoms with Crippen molar-refractivity contribution >= 4 is 5.91 Å². The summed E-state index contributed by atoms with van der Waals surface area (Å²) in [6.07, 6.45) is 2.20. The Balaban J connectivity index is 1.81. The Bertz CT molecular complexity index is 729. The maximum Gasteiger partial charge on any atom is 0.253 e. The van der Waals surface area contributed by atoms with Crippen molar-refractivity contribution in [2.24, 2.45) is 0 Å². The van der Waals surface area contributed by atoms with Gasteiger partial charge in [0.25, 0.3) is 5.91 Å². The van der Waals surface area contributed by atoms with E-state index in [9.17, 15) is 9.90 Å². The molecule has 128 valence electrons. The molecule has 3 rings (SSSR count). The molecule has 1 aromatic heterocycles. The van der Waals surface area contributed by atoms with Gasteiger partial charge in [0.15, 0.2) is 0 Å². The molecule has 1 heterocycles. The van der Waals surface area contributed by atoms with E-state index in [4.69, 9.17) is 4.52 Å². The molecule has 24 heavy (non-hydrogen) atoms. The molecule has 2 aromatic rings. The Morgan fingerprint density at radius 1 is 1.42 bits per heavy atom. The topological polar surface area (TPSA) is 79.5 Å². The number of nitrogens with zero attached hydrogens (tertiary/aromatic N) is 3. The molecule has 0 unspecified atom stereocenters. The van der Waals surface area contributed by atoms with Crippen LogP contribution < -0.4 is 0 Å². The number of benzene rings is 1. The van der Waals surface area contributed by atoms with Gasteiger partial charge >= 0.3 is 0 Å². The van der Waals surface area contributed by atoms with Gasteiger partial charge in [0.2, 0.25) is 11.7 Å². The lowest BCUT2D eigenvalue weighted by atomic mass is 10.1. The van der Waals surface area contributed by atoms with Crippen LogP contribution in [-0.4, -0.2) is 44.7 Å². The number of rotatable bonds is 6. The highest BCUT2D eigenvalue weighted by Gasteiger charge is 2.30. The molecule has 0 aliphatic heterocycles. The third-order valence-electron chi connectivity index (χ3n) is 3.98. The van der Waals surface area contributed by atoms with E-state index in [1.807, 2.05) is 19.1 Å². The zero-order valence-electron chi connectivity index (χ0n) is 14.3. The zero-order valence-corrected chi connectivity index (χ0v) is 14.3. The van der Waals surface area contributed by atoms with Gasteiger partial charge in [0.1, 0.15) is 0 Å². The second-order valence-corrected chi connectivity index (χ2v) is 6.94. The summed E-state index contributed by atoms with van der Waals surface area (Å²) >= 11 is 0. The molecule has 0 bridgehead atoms. The van der Waals surface area contributed by atoms with Gasteiger partial charge in [-0.2, -0.15) is 4.98 Å². The van der Waals surface area contributed by atoms with Crippen molar-refractivity contribution in [2.75, 3.05) is 13.1 Å². The number of amides is 1. The number of hydrogen-bond acceptors (Lipinski definition) is 5. The number of carbonyl (C=O) groups excluding carboxylic acids is 1. The molecule has 1 N–H and O–H groups in total. The summed E-state index contributed by atoms with van der Waals surface area (Å²) in [7, 11) is 0. The second kappa shape index (κ2) is 6.36. The molecule has 6 nitrogen and oxygen atoms in total. The van der Waals surface area contributed by atoms with E-state index in [2.05, 4.69) is 10.1 Å². The molecule has 0 radical (unpaired) electrons. The highest BCUT2D eigenvalue weighted by atomic mass is 16.5. The van der Waals surface area contributed by atoms with Gasteiger partial charge in [-0.05, 0) is 45.7 Å². The van der Waals surface area contributed by atoms with Crippen molar-refractivity contribution < 1.29 is 14.4 Å². The Hall–Kier alpha value is -2.21. The fraction of sp³-hybridized carbons (Fsp3) is 0.500. The van der Waals surface area contributed by atoms with E-state index in [0.717, 1.165) is 18.4 Å². The number of aliphatic hydroxyl groups is 1. The van der Waals surface area contributed by atoms with E-state index in [1.165, 1.54) is 0 Å². The van der Waals surface area contributed by atoms with Crippen LogP contribution in [0.15, 0.2) is 28.8 Å². The standard InChI is InChI=1S/C18H23N3O3/c1-4-21(11-18(2,3)23)17(22)14-7-5-6-13(10-14)15-19-16(24-20-15)12-8-9-12/h5-7,10,12,23H,4,8-9,11H2,1-3H3. The predicted octanol–water partition coefficient (Wildman–Crippen LogP) is 2.85.